The first-order valence-corrected chi connectivity index (χ1v) is 10.6. The number of nitrogens with zero attached hydrogens (tertiary/aromatic N) is 1. The average molecular weight is 419 g/mol. The van der Waals surface area contributed by atoms with Crippen LogP contribution in [0.2, 0.25) is 0 Å². The molecule has 0 aliphatic rings. The van der Waals surface area contributed by atoms with Crippen LogP contribution in [0.5, 0.6) is 5.75 Å². The summed E-state index contributed by atoms with van der Waals surface area (Å²) in [5.41, 5.74) is 0.933. The summed E-state index contributed by atoms with van der Waals surface area (Å²) in [7, 11) is 0. The van der Waals surface area contributed by atoms with Crippen molar-refractivity contribution in [1.29, 1.82) is 0 Å². The minimum absolute atomic E-state index is 0.0653. The normalized spacial score (nSPS) is 11.6. The van der Waals surface area contributed by atoms with Gasteiger partial charge in [0.2, 0.25) is 0 Å². The summed E-state index contributed by atoms with van der Waals surface area (Å²) in [5, 5.41) is 11.9. The minimum Gasteiger partial charge on any atom is -0.507 e. The molecule has 2 heterocycles. The van der Waals surface area contributed by atoms with E-state index in [2.05, 4.69) is 18.7 Å². The lowest BCUT2D eigenvalue weighted by atomic mass is 9.99. The molecule has 0 aliphatic carbocycles. The molecule has 0 atom stereocenters. The van der Waals surface area contributed by atoms with Crippen molar-refractivity contribution in [1.82, 2.24) is 4.90 Å². The molecule has 2 aromatic carbocycles. The number of benzene rings is 2. The van der Waals surface area contributed by atoms with Crippen LogP contribution in [0.1, 0.15) is 32.3 Å². The van der Waals surface area contributed by atoms with Crippen LogP contribution in [0.25, 0.3) is 33.1 Å². The van der Waals surface area contributed by atoms with E-state index in [9.17, 15) is 14.7 Å². The zero-order valence-electron chi connectivity index (χ0n) is 17.7. The number of phenols is 1. The molecular formula is C25H25NO5. The highest BCUT2D eigenvalue weighted by molar-refractivity contribution is 5.97. The largest absolute Gasteiger partial charge is 0.507 e. The summed E-state index contributed by atoms with van der Waals surface area (Å²) in [6, 6.07) is 13.5. The van der Waals surface area contributed by atoms with Gasteiger partial charge in [-0.3, -0.25) is 4.90 Å². The lowest BCUT2D eigenvalue weighted by molar-refractivity contribution is 0.262. The SMILES string of the molecule is CCCN(CCC)Cc1c(O)ccc2c(-c3cc4ccccc4oc3=O)cc(=O)oc12. The fraction of sp³-hybridized carbons (Fsp3) is 0.280. The van der Waals surface area contributed by atoms with Gasteiger partial charge in [-0.2, -0.15) is 0 Å². The number of aromatic hydroxyl groups is 1. The summed E-state index contributed by atoms with van der Waals surface area (Å²) >= 11 is 0. The van der Waals surface area contributed by atoms with E-state index in [1.807, 2.05) is 12.1 Å². The standard InChI is InChI=1S/C25H25NO5/c1-3-11-26(12-4-2)15-20-21(27)10-9-17-18(14-23(28)31-24(17)20)19-13-16-7-5-6-8-22(16)30-25(19)29/h5-10,13-14,27H,3-4,11-12,15H2,1-2H3. The first kappa shape index (κ1) is 20.9. The number of para-hydroxylation sites is 1. The molecule has 4 aromatic rings. The van der Waals surface area contributed by atoms with Gasteiger partial charge in [0.25, 0.3) is 0 Å². The van der Waals surface area contributed by atoms with Crippen molar-refractivity contribution >= 4 is 21.9 Å². The van der Waals surface area contributed by atoms with Crippen LogP contribution < -0.4 is 11.3 Å². The van der Waals surface area contributed by atoms with E-state index in [1.165, 1.54) is 6.07 Å². The second-order valence-corrected chi connectivity index (χ2v) is 7.68. The monoisotopic (exact) mass is 419 g/mol. The zero-order chi connectivity index (χ0) is 22.0. The lowest BCUT2D eigenvalue weighted by Crippen LogP contribution is -2.25. The van der Waals surface area contributed by atoms with Gasteiger partial charge in [0.05, 0.1) is 11.1 Å². The van der Waals surface area contributed by atoms with E-state index < -0.39 is 11.3 Å². The molecular weight excluding hydrogens is 394 g/mol. The quantitative estimate of drug-likeness (QED) is 0.429. The summed E-state index contributed by atoms with van der Waals surface area (Å²) in [5.74, 6) is 0.0653. The first-order chi connectivity index (χ1) is 15.0. The Bertz CT molecular complexity index is 1350. The second kappa shape index (κ2) is 8.78. The van der Waals surface area contributed by atoms with Crippen LogP contribution in [0.3, 0.4) is 0 Å². The molecule has 6 nitrogen and oxygen atoms in total. The third-order valence-corrected chi connectivity index (χ3v) is 5.38. The van der Waals surface area contributed by atoms with Gasteiger partial charge < -0.3 is 13.9 Å². The summed E-state index contributed by atoms with van der Waals surface area (Å²) < 4.78 is 11.0. The molecule has 0 radical (unpaired) electrons. The fourth-order valence-corrected chi connectivity index (χ4v) is 4.02. The third kappa shape index (κ3) is 4.11. The van der Waals surface area contributed by atoms with Crippen molar-refractivity contribution in [3.05, 3.63) is 74.9 Å². The molecule has 0 unspecified atom stereocenters. The minimum atomic E-state index is -0.584. The highest BCUT2D eigenvalue weighted by atomic mass is 16.4. The molecule has 4 rings (SSSR count). The van der Waals surface area contributed by atoms with Gasteiger partial charge in [0.1, 0.15) is 16.9 Å². The van der Waals surface area contributed by atoms with Crippen molar-refractivity contribution in [2.45, 2.75) is 33.2 Å². The molecule has 0 fully saturated rings. The van der Waals surface area contributed by atoms with Crippen LogP contribution in [-0.2, 0) is 6.54 Å². The van der Waals surface area contributed by atoms with Crippen LogP contribution in [0.4, 0.5) is 0 Å². The highest BCUT2D eigenvalue weighted by Crippen LogP contribution is 2.33. The van der Waals surface area contributed by atoms with Crippen LogP contribution in [0, 0.1) is 0 Å². The van der Waals surface area contributed by atoms with Crippen LogP contribution >= 0.6 is 0 Å². The van der Waals surface area contributed by atoms with Crippen molar-refractivity contribution in [3.8, 4) is 16.9 Å². The molecule has 1 N–H and O–H groups in total. The summed E-state index contributed by atoms with van der Waals surface area (Å²) in [6.07, 6.45) is 1.94. The molecule has 0 spiro atoms. The van der Waals surface area contributed by atoms with Gasteiger partial charge in [-0.05, 0) is 50.2 Å². The van der Waals surface area contributed by atoms with Gasteiger partial charge in [-0.15, -0.1) is 0 Å². The Kier molecular flexibility index (Phi) is 5.91. The molecule has 0 saturated heterocycles. The maximum absolute atomic E-state index is 12.7. The van der Waals surface area contributed by atoms with Gasteiger partial charge in [0, 0.05) is 28.9 Å². The molecule has 0 saturated carbocycles. The Labute approximate surface area is 179 Å². The van der Waals surface area contributed by atoms with E-state index in [1.54, 1.807) is 30.3 Å². The number of hydrogen-bond donors (Lipinski definition) is 1. The summed E-state index contributed by atoms with van der Waals surface area (Å²) in [4.78, 5) is 27.4. The first-order valence-electron chi connectivity index (χ1n) is 10.6. The fourth-order valence-electron chi connectivity index (χ4n) is 4.02. The van der Waals surface area contributed by atoms with Gasteiger partial charge in [-0.25, -0.2) is 9.59 Å². The molecule has 0 amide bonds. The van der Waals surface area contributed by atoms with E-state index >= 15 is 0 Å². The topological polar surface area (TPSA) is 83.9 Å². The summed E-state index contributed by atoms with van der Waals surface area (Å²) in [6.45, 7) is 6.37. The molecule has 0 bridgehead atoms. The molecule has 0 aliphatic heterocycles. The van der Waals surface area contributed by atoms with Gasteiger partial charge in [-0.1, -0.05) is 32.0 Å². The van der Waals surface area contributed by atoms with E-state index in [0.717, 1.165) is 31.3 Å². The number of fused-ring (bicyclic) bond motifs is 2. The van der Waals surface area contributed by atoms with Gasteiger partial charge in [0.15, 0.2) is 0 Å². The number of rotatable bonds is 7. The van der Waals surface area contributed by atoms with Crippen molar-refractivity contribution in [2.24, 2.45) is 0 Å². The Morgan fingerprint density at radius 1 is 0.903 bits per heavy atom. The maximum atomic E-state index is 12.7. The third-order valence-electron chi connectivity index (χ3n) is 5.38. The molecule has 2 aromatic heterocycles. The number of hydrogen-bond acceptors (Lipinski definition) is 6. The average Bonchev–Trinajstić information content (AvgIpc) is 2.75. The molecule has 6 heteroatoms. The molecule has 160 valence electrons. The van der Waals surface area contributed by atoms with Crippen LogP contribution in [-0.4, -0.2) is 23.1 Å². The molecule has 31 heavy (non-hydrogen) atoms. The highest BCUT2D eigenvalue weighted by Gasteiger charge is 2.19. The van der Waals surface area contributed by atoms with E-state index in [4.69, 9.17) is 8.83 Å². The Hall–Kier alpha value is -3.38. The Balaban J connectivity index is 1.94. The van der Waals surface area contributed by atoms with Crippen molar-refractivity contribution in [2.75, 3.05) is 13.1 Å². The predicted molar refractivity (Wildman–Crippen MR) is 121 cm³/mol. The number of phenolic OH excluding ortho intramolecular Hbond substituents is 1. The van der Waals surface area contributed by atoms with Crippen LogP contribution in [0.15, 0.2) is 67.0 Å². The maximum Gasteiger partial charge on any atom is 0.344 e. The van der Waals surface area contributed by atoms with Crippen molar-refractivity contribution < 1.29 is 13.9 Å². The van der Waals surface area contributed by atoms with E-state index in [0.29, 0.717) is 34.2 Å². The van der Waals surface area contributed by atoms with Crippen molar-refractivity contribution in [3.63, 3.8) is 0 Å². The van der Waals surface area contributed by atoms with Gasteiger partial charge >= 0.3 is 11.3 Å². The predicted octanol–water partition coefficient (Wildman–Crippen LogP) is 4.89. The lowest BCUT2D eigenvalue weighted by Gasteiger charge is -2.22. The second-order valence-electron chi connectivity index (χ2n) is 7.68. The van der Waals surface area contributed by atoms with E-state index in [-0.39, 0.29) is 11.3 Å². The Morgan fingerprint density at radius 3 is 2.39 bits per heavy atom. The Morgan fingerprint density at radius 2 is 1.65 bits per heavy atom. The smallest absolute Gasteiger partial charge is 0.344 e. The zero-order valence-corrected chi connectivity index (χ0v) is 17.7.